The van der Waals surface area contributed by atoms with Gasteiger partial charge in [-0.05, 0) is 29.3 Å². The molecule has 0 aliphatic carbocycles. The van der Waals surface area contributed by atoms with Crippen LogP contribution in [0.4, 0.5) is 5.82 Å². The summed E-state index contributed by atoms with van der Waals surface area (Å²) in [6, 6.07) is 15.7. The van der Waals surface area contributed by atoms with Crippen molar-refractivity contribution in [2.24, 2.45) is 0 Å². The second-order valence-electron chi connectivity index (χ2n) is 5.51. The number of fused-ring (bicyclic) bond motifs is 1. The number of nitrogens with zero attached hydrogens (tertiary/aromatic N) is 3. The normalized spacial score (nSPS) is 11.0. The highest BCUT2D eigenvalue weighted by Crippen LogP contribution is 2.33. The van der Waals surface area contributed by atoms with E-state index in [1.807, 2.05) is 59.4 Å². The fourth-order valence-corrected chi connectivity index (χ4v) is 2.63. The summed E-state index contributed by atoms with van der Waals surface area (Å²) in [5.41, 5.74) is 8.63. The van der Waals surface area contributed by atoms with Crippen LogP contribution < -0.4 is 10.5 Å². The molecule has 4 aromatic rings. The average Bonchev–Trinajstić information content (AvgIpc) is 3.24. The summed E-state index contributed by atoms with van der Waals surface area (Å²) in [5.74, 6) is 0.996. The van der Waals surface area contributed by atoms with Crippen LogP contribution in [0.1, 0.15) is 11.1 Å². The molecule has 0 atom stereocenters. The predicted molar refractivity (Wildman–Crippen MR) is 90.5 cm³/mol. The lowest BCUT2D eigenvalue weighted by molar-refractivity contribution is 0.309. The fraction of sp³-hybridized carbons (Fsp3) is 0.111. The third kappa shape index (κ3) is 2.81. The second-order valence-corrected chi connectivity index (χ2v) is 5.51. The van der Waals surface area contributed by atoms with Gasteiger partial charge >= 0.3 is 0 Å². The summed E-state index contributed by atoms with van der Waals surface area (Å²) in [7, 11) is 0. The number of rotatable bonds is 5. The number of benzene rings is 2. The van der Waals surface area contributed by atoms with Crippen LogP contribution in [0.15, 0.2) is 65.4 Å². The smallest absolute Gasteiger partial charge is 0.178 e. The van der Waals surface area contributed by atoms with Crippen LogP contribution in [0.25, 0.3) is 11.0 Å². The molecule has 2 heterocycles. The Morgan fingerprint density at radius 2 is 1.96 bits per heavy atom. The Bertz CT molecular complexity index is 946. The van der Waals surface area contributed by atoms with Crippen molar-refractivity contribution in [3.63, 3.8) is 0 Å². The molecule has 24 heavy (non-hydrogen) atoms. The van der Waals surface area contributed by atoms with Crippen molar-refractivity contribution in [2.45, 2.75) is 13.2 Å². The predicted octanol–water partition coefficient (Wildman–Crippen LogP) is 3.23. The van der Waals surface area contributed by atoms with Gasteiger partial charge in [0.05, 0.1) is 6.54 Å². The van der Waals surface area contributed by atoms with Gasteiger partial charge in [0.25, 0.3) is 0 Å². The van der Waals surface area contributed by atoms with E-state index < -0.39 is 0 Å². The van der Waals surface area contributed by atoms with E-state index in [-0.39, 0.29) is 0 Å². The second kappa shape index (κ2) is 6.08. The van der Waals surface area contributed by atoms with Gasteiger partial charge in [0.15, 0.2) is 11.4 Å². The van der Waals surface area contributed by atoms with Crippen molar-refractivity contribution >= 4 is 16.8 Å². The number of aromatic nitrogens is 3. The first-order valence-corrected chi connectivity index (χ1v) is 7.61. The monoisotopic (exact) mass is 320 g/mol. The number of hydrogen-bond acceptors (Lipinski definition) is 5. The van der Waals surface area contributed by atoms with Gasteiger partial charge < -0.3 is 15.0 Å². The molecule has 0 saturated heterocycles. The minimum Gasteiger partial charge on any atom is -0.488 e. The van der Waals surface area contributed by atoms with Crippen molar-refractivity contribution < 1.29 is 9.26 Å². The fourth-order valence-electron chi connectivity index (χ4n) is 2.63. The Morgan fingerprint density at radius 1 is 1.08 bits per heavy atom. The van der Waals surface area contributed by atoms with E-state index in [1.54, 1.807) is 6.20 Å². The zero-order valence-electron chi connectivity index (χ0n) is 12.9. The van der Waals surface area contributed by atoms with Crippen LogP contribution in [0.5, 0.6) is 5.75 Å². The summed E-state index contributed by atoms with van der Waals surface area (Å²) in [6.45, 7) is 1.07. The zero-order chi connectivity index (χ0) is 16.4. The lowest BCUT2D eigenvalue weighted by atomic mass is 10.1. The zero-order valence-corrected chi connectivity index (χ0v) is 12.9. The van der Waals surface area contributed by atoms with Gasteiger partial charge in [-0.2, -0.15) is 5.10 Å². The Balaban J connectivity index is 1.67. The summed E-state index contributed by atoms with van der Waals surface area (Å²) < 4.78 is 13.1. The minimum absolute atomic E-state index is 0.332. The first-order valence-electron chi connectivity index (χ1n) is 7.61. The van der Waals surface area contributed by atoms with Crippen LogP contribution >= 0.6 is 0 Å². The average molecular weight is 320 g/mol. The number of nitrogen functional groups attached to an aromatic ring is 1. The molecule has 0 unspecified atom stereocenters. The SMILES string of the molecule is Nc1noc2cc(Cn3cccn3)cc(OCc3ccccc3)c12. The van der Waals surface area contributed by atoms with Crippen LogP contribution in [-0.2, 0) is 13.2 Å². The van der Waals surface area contributed by atoms with Gasteiger partial charge in [0.2, 0.25) is 0 Å². The molecule has 0 saturated carbocycles. The van der Waals surface area contributed by atoms with Gasteiger partial charge in [-0.15, -0.1) is 0 Å². The topological polar surface area (TPSA) is 79.1 Å². The molecule has 0 fully saturated rings. The van der Waals surface area contributed by atoms with Gasteiger partial charge in [0, 0.05) is 12.4 Å². The maximum atomic E-state index is 5.99. The van der Waals surface area contributed by atoms with Crippen LogP contribution in [0, 0.1) is 0 Å². The van der Waals surface area contributed by atoms with E-state index >= 15 is 0 Å². The number of nitrogens with two attached hydrogens (primary N) is 1. The van der Waals surface area contributed by atoms with E-state index in [9.17, 15) is 0 Å². The third-order valence-corrected chi connectivity index (χ3v) is 3.77. The molecule has 4 rings (SSSR count). The first kappa shape index (κ1) is 14.3. The van der Waals surface area contributed by atoms with E-state index in [2.05, 4.69) is 10.3 Å². The number of anilines is 1. The van der Waals surface area contributed by atoms with Crippen LogP contribution in [0.3, 0.4) is 0 Å². The Kier molecular flexibility index (Phi) is 3.63. The molecule has 0 bridgehead atoms. The molecule has 6 nitrogen and oxygen atoms in total. The highest BCUT2D eigenvalue weighted by Gasteiger charge is 2.14. The van der Waals surface area contributed by atoms with Crippen molar-refractivity contribution in [1.29, 1.82) is 0 Å². The maximum Gasteiger partial charge on any atom is 0.178 e. The van der Waals surface area contributed by atoms with Gasteiger partial charge in [0.1, 0.15) is 17.7 Å². The summed E-state index contributed by atoms with van der Waals surface area (Å²) >= 11 is 0. The van der Waals surface area contributed by atoms with E-state index in [4.69, 9.17) is 15.0 Å². The van der Waals surface area contributed by atoms with E-state index in [0.29, 0.717) is 35.7 Å². The minimum atomic E-state index is 0.332. The summed E-state index contributed by atoms with van der Waals surface area (Å²) in [5, 5.41) is 8.78. The van der Waals surface area contributed by atoms with Crippen molar-refractivity contribution in [3.8, 4) is 5.75 Å². The summed E-state index contributed by atoms with van der Waals surface area (Å²) in [4.78, 5) is 0. The highest BCUT2D eigenvalue weighted by atomic mass is 16.5. The molecular formula is C18H16N4O2. The molecule has 2 aromatic heterocycles. The standard InChI is InChI=1S/C18H16N4O2/c19-18-17-15(23-12-13-5-2-1-3-6-13)9-14(10-16(17)24-21-18)11-22-8-4-7-20-22/h1-10H,11-12H2,(H2,19,21). The molecule has 0 radical (unpaired) electrons. The third-order valence-electron chi connectivity index (χ3n) is 3.77. The largest absolute Gasteiger partial charge is 0.488 e. The molecule has 0 aliphatic rings. The Hall–Kier alpha value is -3.28. The summed E-state index contributed by atoms with van der Waals surface area (Å²) in [6.07, 6.45) is 3.65. The van der Waals surface area contributed by atoms with Gasteiger partial charge in [-0.25, -0.2) is 0 Å². The van der Waals surface area contributed by atoms with E-state index in [1.165, 1.54) is 0 Å². The number of ether oxygens (including phenoxy) is 1. The first-order chi connectivity index (χ1) is 11.8. The van der Waals surface area contributed by atoms with Gasteiger partial charge in [-0.1, -0.05) is 35.5 Å². The maximum absolute atomic E-state index is 5.99. The quantitative estimate of drug-likeness (QED) is 0.610. The van der Waals surface area contributed by atoms with Crippen LogP contribution in [-0.4, -0.2) is 14.9 Å². The Labute approximate surface area is 138 Å². The molecule has 2 aromatic carbocycles. The molecule has 6 heteroatoms. The van der Waals surface area contributed by atoms with Crippen LogP contribution in [0.2, 0.25) is 0 Å². The Morgan fingerprint density at radius 3 is 2.75 bits per heavy atom. The molecular weight excluding hydrogens is 304 g/mol. The molecule has 2 N–H and O–H groups in total. The number of hydrogen-bond donors (Lipinski definition) is 1. The lowest BCUT2D eigenvalue weighted by Crippen LogP contribution is -2.02. The molecule has 0 spiro atoms. The molecule has 0 amide bonds. The van der Waals surface area contributed by atoms with Gasteiger partial charge in [-0.3, -0.25) is 4.68 Å². The van der Waals surface area contributed by atoms with Crippen molar-refractivity contribution in [1.82, 2.24) is 14.9 Å². The van der Waals surface area contributed by atoms with E-state index in [0.717, 1.165) is 11.1 Å². The van der Waals surface area contributed by atoms with Crippen molar-refractivity contribution in [3.05, 3.63) is 72.1 Å². The van der Waals surface area contributed by atoms with Crippen molar-refractivity contribution in [2.75, 3.05) is 5.73 Å². The highest BCUT2D eigenvalue weighted by molar-refractivity contribution is 5.93. The lowest BCUT2D eigenvalue weighted by Gasteiger charge is -2.10. The molecule has 0 aliphatic heterocycles. The molecule has 120 valence electrons.